The Bertz CT molecular complexity index is 620. The van der Waals surface area contributed by atoms with Crippen molar-refractivity contribution in [2.75, 3.05) is 44.3 Å². The Labute approximate surface area is 149 Å². The van der Waals surface area contributed by atoms with Crippen LogP contribution >= 0.6 is 0 Å². The van der Waals surface area contributed by atoms with Crippen LogP contribution in [0.25, 0.3) is 0 Å². The molecule has 7 heteroatoms. The van der Waals surface area contributed by atoms with E-state index in [0.717, 1.165) is 30.4 Å². The van der Waals surface area contributed by atoms with E-state index in [-0.39, 0.29) is 5.91 Å². The second-order valence-corrected chi connectivity index (χ2v) is 7.43. The number of nitrogens with two attached hydrogens (primary N) is 1. The number of carbonyl (C=O) groups is 1. The molecule has 1 aromatic heterocycles. The van der Waals surface area contributed by atoms with Gasteiger partial charge in [-0.25, -0.2) is 9.97 Å². The summed E-state index contributed by atoms with van der Waals surface area (Å²) in [5, 5.41) is 0. The molecule has 2 saturated heterocycles. The highest BCUT2D eigenvalue weighted by Gasteiger charge is 2.39. The number of aryl methyl sites for hydroxylation is 1. The average molecular weight is 347 g/mol. The van der Waals surface area contributed by atoms with Gasteiger partial charge >= 0.3 is 0 Å². The van der Waals surface area contributed by atoms with Crippen LogP contribution in [0.2, 0.25) is 0 Å². The molecule has 3 rings (SSSR count). The fraction of sp³-hybridized carbons (Fsp3) is 0.722. The number of aromatic nitrogens is 2. The van der Waals surface area contributed by atoms with Crippen LogP contribution in [0.3, 0.4) is 0 Å². The van der Waals surface area contributed by atoms with Crippen LogP contribution in [-0.2, 0) is 9.53 Å². The average Bonchev–Trinajstić information content (AvgIpc) is 2.61. The standard InChI is InChI=1S/C18H29N5O2/c1-13(2)16-20-14(3)12-15(21-16)22-6-8-23(9-7-22)17(24)18(19)4-10-25-11-5-18/h12-13H,4-11,19H2,1-3H3. The zero-order valence-electron chi connectivity index (χ0n) is 15.5. The lowest BCUT2D eigenvalue weighted by Gasteiger charge is -2.41. The Kier molecular flexibility index (Phi) is 5.24. The van der Waals surface area contributed by atoms with Crippen molar-refractivity contribution < 1.29 is 9.53 Å². The minimum absolute atomic E-state index is 0.0668. The van der Waals surface area contributed by atoms with Crippen LogP contribution in [0.5, 0.6) is 0 Å². The molecule has 0 bridgehead atoms. The Balaban J connectivity index is 1.65. The van der Waals surface area contributed by atoms with Crippen LogP contribution in [0, 0.1) is 6.92 Å². The molecule has 25 heavy (non-hydrogen) atoms. The molecule has 2 aliphatic rings. The Hall–Kier alpha value is -1.73. The number of ether oxygens (including phenoxy) is 1. The minimum Gasteiger partial charge on any atom is -0.381 e. The maximum absolute atomic E-state index is 12.8. The van der Waals surface area contributed by atoms with Gasteiger partial charge in [0.15, 0.2) is 0 Å². The summed E-state index contributed by atoms with van der Waals surface area (Å²) in [6, 6.07) is 2.02. The maximum Gasteiger partial charge on any atom is 0.242 e. The minimum atomic E-state index is -0.753. The highest BCUT2D eigenvalue weighted by Crippen LogP contribution is 2.23. The van der Waals surface area contributed by atoms with Crippen molar-refractivity contribution in [3.05, 3.63) is 17.6 Å². The number of carbonyl (C=O) groups excluding carboxylic acids is 1. The van der Waals surface area contributed by atoms with Crippen LogP contribution in [-0.4, -0.2) is 65.7 Å². The molecule has 0 aromatic carbocycles. The first-order valence-electron chi connectivity index (χ1n) is 9.15. The number of hydrogen-bond acceptors (Lipinski definition) is 6. The molecule has 2 fully saturated rings. The normalized spacial score (nSPS) is 20.8. The predicted octanol–water partition coefficient (Wildman–Crippen LogP) is 1.06. The molecule has 0 aliphatic carbocycles. The van der Waals surface area contributed by atoms with Crippen LogP contribution in [0.4, 0.5) is 5.82 Å². The van der Waals surface area contributed by atoms with E-state index < -0.39 is 5.54 Å². The number of nitrogens with zero attached hydrogens (tertiary/aromatic N) is 4. The quantitative estimate of drug-likeness (QED) is 0.880. The third kappa shape index (κ3) is 3.93. The predicted molar refractivity (Wildman–Crippen MR) is 96.6 cm³/mol. The number of hydrogen-bond donors (Lipinski definition) is 1. The fourth-order valence-electron chi connectivity index (χ4n) is 3.40. The molecule has 3 heterocycles. The number of rotatable bonds is 3. The number of piperazine rings is 1. The monoisotopic (exact) mass is 347 g/mol. The van der Waals surface area contributed by atoms with E-state index in [9.17, 15) is 4.79 Å². The van der Waals surface area contributed by atoms with Crippen LogP contribution in [0.1, 0.15) is 44.1 Å². The van der Waals surface area contributed by atoms with Crippen LogP contribution in [0.15, 0.2) is 6.07 Å². The summed E-state index contributed by atoms with van der Waals surface area (Å²) in [4.78, 5) is 26.2. The Morgan fingerprint density at radius 2 is 1.84 bits per heavy atom. The second-order valence-electron chi connectivity index (χ2n) is 7.43. The van der Waals surface area contributed by atoms with Gasteiger partial charge in [-0.3, -0.25) is 4.79 Å². The van der Waals surface area contributed by atoms with Gasteiger partial charge in [0.1, 0.15) is 11.6 Å². The van der Waals surface area contributed by atoms with E-state index in [1.165, 1.54) is 0 Å². The third-order valence-corrected chi connectivity index (χ3v) is 5.08. The number of anilines is 1. The van der Waals surface area contributed by atoms with Gasteiger partial charge in [0, 0.05) is 57.1 Å². The molecule has 0 radical (unpaired) electrons. The summed E-state index contributed by atoms with van der Waals surface area (Å²) < 4.78 is 5.35. The van der Waals surface area contributed by atoms with Crippen molar-refractivity contribution in [2.24, 2.45) is 5.73 Å². The zero-order chi connectivity index (χ0) is 18.0. The topological polar surface area (TPSA) is 84.6 Å². The fourth-order valence-corrected chi connectivity index (χ4v) is 3.40. The molecule has 7 nitrogen and oxygen atoms in total. The van der Waals surface area contributed by atoms with Gasteiger partial charge in [-0.2, -0.15) is 0 Å². The van der Waals surface area contributed by atoms with Crippen molar-refractivity contribution in [2.45, 2.75) is 45.1 Å². The summed E-state index contributed by atoms with van der Waals surface area (Å²) in [6.07, 6.45) is 1.21. The lowest BCUT2D eigenvalue weighted by atomic mass is 9.89. The van der Waals surface area contributed by atoms with E-state index in [2.05, 4.69) is 23.7 Å². The van der Waals surface area contributed by atoms with Crippen molar-refractivity contribution >= 4 is 11.7 Å². The Morgan fingerprint density at radius 3 is 2.44 bits per heavy atom. The molecule has 138 valence electrons. The van der Waals surface area contributed by atoms with Gasteiger partial charge in [0.25, 0.3) is 0 Å². The highest BCUT2D eigenvalue weighted by molar-refractivity contribution is 5.86. The molecule has 0 unspecified atom stereocenters. The van der Waals surface area contributed by atoms with Gasteiger partial charge < -0.3 is 20.3 Å². The molecule has 0 spiro atoms. The van der Waals surface area contributed by atoms with E-state index in [1.807, 2.05) is 17.9 Å². The lowest BCUT2D eigenvalue weighted by Crippen LogP contribution is -2.61. The number of amides is 1. The van der Waals surface area contributed by atoms with Gasteiger partial charge in [-0.05, 0) is 19.8 Å². The van der Waals surface area contributed by atoms with Crippen LogP contribution < -0.4 is 10.6 Å². The van der Waals surface area contributed by atoms with Crippen molar-refractivity contribution in [1.82, 2.24) is 14.9 Å². The zero-order valence-corrected chi connectivity index (χ0v) is 15.5. The molecular weight excluding hydrogens is 318 g/mol. The largest absolute Gasteiger partial charge is 0.381 e. The Morgan fingerprint density at radius 1 is 1.20 bits per heavy atom. The van der Waals surface area contributed by atoms with Gasteiger partial charge in [0.2, 0.25) is 5.91 Å². The lowest BCUT2D eigenvalue weighted by molar-refractivity contribution is -0.140. The molecular formula is C18H29N5O2. The van der Waals surface area contributed by atoms with Crippen molar-refractivity contribution in [3.63, 3.8) is 0 Å². The van der Waals surface area contributed by atoms with E-state index in [0.29, 0.717) is 45.1 Å². The van der Waals surface area contributed by atoms with E-state index in [1.54, 1.807) is 0 Å². The van der Waals surface area contributed by atoms with Crippen molar-refractivity contribution in [3.8, 4) is 0 Å². The van der Waals surface area contributed by atoms with Crippen molar-refractivity contribution in [1.29, 1.82) is 0 Å². The van der Waals surface area contributed by atoms with Gasteiger partial charge in [0.05, 0.1) is 5.54 Å². The van der Waals surface area contributed by atoms with Gasteiger partial charge in [-0.1, -0.05) is 13.8 Å². The van der Waals surface area contributed by atoms with E-state index in [4.69, 9.17) is 15.5 Å². The summed E-state index contributed by atoms with van der Waals surface area (Å²) in [7, 11) is 0. The summed E-state index contributed by atoms with van der Waals surface area (Å²) in [6.45, 7) is 10.2. The molecule has 1 amide bonds. The third-order valence-electron chi connectivity index (χ3n) is 5.08. The van der Waals surface area contributed by atoms with Gasteiger partial charge in [-0.15, -0.1) is 0 Å². The molecule has 0 saturated carbocycles. The first-order valence-corrected chi connectivity index (χ1v) is 9.15. The SMILES string of the molecule is Cc1cc(N2CCN(C(=O)C3(N)CCOCC3)CC2)nc(C(C)C)n1. The summed E-state index contributed by atoms with van der Waals surface area (Å²) in [5.74, 6) is 2.19. The highest BCUT2D eigenvalue weighted by atomic mass is 16.5. The molecule has 2 aliphatic heterocycles. The smallest absolute Gasteiger partial charge is 0.242 e. The molecule has 2 N–H and O–H groups in total. The van der Waals surface area contributed by atoms with E-state index >= 15 is 0 Å². The second kappa shape index (κ2) is 7.25. The first kappa shape index (κ1) is 18.1. The summed E-state index contributed by atoms with van der Waals surface area (Å²) in [5.41, 5.74) is 6.58. The summed E-state index contributed by atoms with van der Waals surface area (Å²) >= 11 is 0. The molecule has 1 aromatic rings. The molecule has 0 atom stereocenters. The maximum atomic E-state index is 12.8. The first-order chi connectivity index (χ1) is 11.9.